The molecular weight excluding hydrogens is 302 g/mol. The second-order valence-corrected chi connectivity index (χ2v) is 6.33. The Balaban J connectivity index is 2.23. The number of ether oxygens (including phenoxy) is 1. The minimum Gasteiger partial charge on any atom is -0.494 e. The van der Waals surface area contributed by atoms with Crippen LogP contribution in [0.25, 0.3) is 0 Å². The molecule has 0 heterocycles. The van der Waals surface area contributed by atoms with E-state index in [0.29, 0.717) is 11.4 Å². The van der Waals surface area contributed by atoms with Gasteiger partial charge in [-0.15, -0.1) is 0 Å². The van der Waals surface area contributed by atoms with E-state index in [-0.39, 0.29) is 4.90 Å². The summed E-state index contributed by atoms with van der Waals surface area (Å²) in [5.74, 6) is 0.599. The standard InChI is InChI=1S/C15H17N3O3S/c1-11-9-12(2)15(21-3)14(10-11)16-17-18-22(19,20)13-7-5-4-6-8-13/h4-10H,1-3H3,(H,16,18). The van der Waals surface area contributed by atoms with E-state index in [2.05, 4.69) is 15.2 Å². The van der Waals surface area contributed by atoms with Gasteiger partial charge in [0.1, 0.15) is 11.4 Å². The van der Waals surface area contributed by atoms with Crippen LogP contribution in [-0.2, 0) is 10.0 Å². The Morgan fingerprint density at radius 2 is 1.77 bits per heavy atom. The fraction of sp³-hybridized carbons (Fsp3) is 0.200. The minimum atomic E-state index is -3.82. The Hall–Kier alpha value is -2.41. The summed E-state index contributed by atoms with van der Waals surface area (Å²) >= 11 is 0. The number of sulfonamides is 1. The average molecular weight is 319 g/mol. The molecule has 0 atom stereocenters. The fourth-order valence-corrected chi connectivity index (χ4v) is 2.82. The van der Waals surface area contributed by atoms with E-state index in [4.69, 9.17) is 4.74 Å². The molecule has 2 aromatic rings. The van der Waals surface area contributed by atoms with Gasteiger partial charge >= 0.3 is 10.0 Å². The van der Waals surface area contributed by atoms with Crippen LogP contribution in [0.5, 0.6) is 5.75 Å². The average Bonchev–Trinajstić information content (AvgIpc) is 2.47. The number of hydrogen-bond donors (Lipinski definition) is 1. The van der Waals surface area contributed by atoms with Crippen molar-refractivity contribution < 1.29 is 13.2 Å². The largest absolute Gasteiger partial charge is 0.494 e. The molecule has 0 saturated heterocycles. The van der Waals surface area contributed by atoms with Gasteiger partial charge < -0.3 is 4.74 Å². The van der Waals surface area contributed by atoms with Gasteiger partial charge in [0.2, 0.25) is 0 Å². The molecule has 0 aliphatic heterocycles. The number of nitrogens with one attached hydrogen (secondary N) is 1. The van der Waals surface area contributed by atoms with Crippen molar-refractivity contribution in [1.29, 1.82) is 0 Å². The van der Waals surface area contributed by atoms with Gasteiger partial charge in [0, 0.05) is 0 Å². The van der Waals surface area contributed by atoms with Crippen molar-refractivity contribution in [2.75, 3.05) is 12.5 Å². The summed E-state index contributed by atoms with van der Waals surface area (Å²) in [4.78, 5) is 0.0907. The first-order valence-corrected chi connectivity index (χ1v) is 8.01. The Labute approximate surface area is 129 Å². The highest BCUT2D eigenvalue weighted by Crippen LogP contribution is 2.30. The number of hydrogen-bond acceptors (Lipinski definition) is 4. The van der Waals surface area contributed by atoms with Crippen LogP contribution in [0.3, 0.4) is 0 Å². The molecule has 116 valence electrons. The summed E-state index contributed by atoms with van der Waals surface area (Å²) in [7, 11) is -2.27. The molecule has 2 rings (SSSR count). The molecule has 0 unspecified atom stereocenters. The number of nitrogens with zero attached hydrogens (tertiary/aromatic N) is 2. The normalized spacial score (nSPS) is 11.6. The van der Waals surface area contributed by atoms with E-state index in [1.165, 1.54) is 12.1 Å². The van der Waals surface area contributed by atoms with E-state index in [1.807, 2.05) is 19.9 Å². The third kappa shape index (κ3) is 3.62. The molecular formula is C15H17N3O3S. The smallest absolute Gasteiger partial charge is 0.301 e. The van der Waals surface area contributed by atoms with Crippen molar-refractivity contribution in [2.24, 2.45) is 9.74 Å². The van der Waals surface area contributed by atoms with Crippen LogP contribution in [0, 0.1) is 13.8 Å². The molecule has 0 aliphatic rings. The minimum absolute atomic E-state index is 0.0907. The van der Waals surface area contributed by atoms with Crippen LogP contribution in [0.2, 0.25) is 0 Å². The molecule has 22 heavy (non-hydrogen) atoms. The van der Waals surface area contributed by atoms with Gasteiger partial charge in [0.25, 0.3) is 0 Å². The van der Waals surface area contributed by atoms with E-state index in [1.54, 1.807) is 31.4 Å². The predicted octanol–water partition coefficient (Wildman–Crippen LogP) is 3.48. The zero-order valence-electron chi connectivity index (χ0n) is 12.6. The van der Waals surface area contributed by atoms with Gasteiger partial charge in [-0.1, -0.05) is 29.5 Å². The lowest BCUT2D eigenvalue weighted by Gasteiger charge is -2.11. The first-order valence-electron chi connectivity index (χ1n) is 6.57. The summed E-state index contributed by atoms with van der Waals surface area (Å²) in [6.45, 7) is 3.82. The van der Waals surface area contributed by atoms with Crippen LogP contribution in [-0.4, -0.2) is 15.5 Å². The van der Waals surface area contributed by atoms with Crippen molar-refractivity contribution in [2.45, 2.75) is 18.7 Å². The molecule has 2 aromatic carbocycles. The highest BCUT2D eigenvalue weighted by molar-refractivity contribution is 7.90. The van der Waals surface area contributed by atoms with Gasteiger partial charge in [0.15, 0.2) is 0 Å². The third-order valence-electron chi connectivity index (χ3n) is 2.98. The van der Waals surface area contributed by atoms with Crippen molar-refractivity contribution in [3.63, 3.8) is 0 Å². The van der Waals surface area contributed by atoms with Gasteiger partial charge in [-0.05, 0) is 47.7 Å². The van der Waals surface area contributed by atoms with E-state index < -0.39 is 10.0 Å². The summed E-state index contributed by atoms with van der Waals surface area (Å²) in [5, 5.41) is 3.59. The SMILES string of the molecule is COc1c(C)cc(C)cc1NN=NS(=O)(=O)c1ccccc1. The van der Waals surface area contributed by atoms with E-state index in [0.717, 1.165) is 11.1 Å². The first kappa shape index (κ1) is 16.0. The zero-order valence-corrected chi connectivity index (χ0v) is 13.4. The fourth-order valence-electron chi connectivity index (χ4n) is 2.08. The Morgan fingerprint density at radius 1 is 1.09 bits per heavy atom. The number of aryl methyl sites for hydroxylation is 2. The summed E-state index contributed by atoms with van der Waals surface area (Å²) in [6, 6.07) is 11.7. The second-order valence-electron chi connectivity index (χ2n) is 4.74. The molecule has 0 amide bonds. The van der Waals surface area contributed by atoms with E-state index in [9.17, 15) is 8.42 Å². The van der Waals surface area contributed by atoms with Crippen LogP contribution in [0.1, 0.15) is 11.1 Å². The first-order chi connectivity index (χ1) is 10.4. The van der Waals surface area contributed by atoms with Gasteiger partial charge in [-0.3, -0.25) is 5.43 Å². The number of methoxy groups -OCH3 is 1. The van der Waals surface area contributed by atoms with Gasteiger partial charge in [-0.2, -0.15) is 8.42 Å². The lowest BCUT2D eigenvalue weighted by atomic mass is 10.1. The van der Waals surface area contributed by atoms with Crippen LogP contribution < -0.4 is 10.2 Å². The van der Waals surface area contributed by atoms with Crippen molar-refractivity contribution in [1.82, 2.24) is 0 Å². The Kier molecular flexibility index (Phi) is 4.77. The maximum Gasteiger partial charge on any atom is 0.301 e. The van der Waals surface area contributed by atoms with Gasteiger partial charge in [0.05, 0.1) is 12.0 Å². The highest BCUT2D eigenvalue weighted by atomic mass is 32.2. The Morgan fingerprint density at radius 3 is 2.41 bits per heavy atom. The lowest BCUT2D eigenvalue weighted by Crippen LogP contribution is -1.99. The van der Waals surface area contributed by atoms with Crippen LogP contribution >= 0.6 is 0 Å². The Bertz CT molecular complexity index is 787. The molecule has 0 bridgehead atoms. The number of anilines is 1. The monoisotopic (exact) mass is 319 g/mol. The van der Waals surface area contributed by atoms with Crippen LogP contribution in [0.15, 0.2) is 57.1 Å². The topological polar surface area (TPSA) is 80.1 Å². The summed E-state index contributed by atoms with van der Waals surface area (Å²) in [5.41, 5.74) is 5.11. The molecule has 0 aliphatic carbocycles. The maximum absolute atomic E-state index is 12.0. The molecule has 0 radical (unpaired) electrons. The third-order valence-corrected chi connectivity index (χ3v) is 4.15. The number of rotatable bonds is 5. The molecule has 0 fully saturated rings. The summed E-state index contributed by atoms with van der Waals surface area (Å²) in [6.07, 6.45) is 0. The highest BCUT2D eigenvalue weighted by Gasteiger charge is 2.12. The second kappa shape index (κ2) is 6.57. The zero-order chi connectivity index (χ0) is 16.2. The maximum atomic E-state index is 12.0. The molecule has 7 heteroatoms. The molecule has 0 aromatic heterocycles. The molecule has 0 saturated carbocycles. The van der Waals surface area contributed by atoms with Crippen molar-refractivity contribution in [3.8, 4) is 5.75 Å². The molecule has 1 N–H and O–H groups in total. The van der Waals surface area contributed by atoms with Crippen molar-refractivity contribution in [3.05, 3.63) is 53.6 Å². The summed E-state index contributed by atoms with van der Waals surface area (Å²) < 4.78 is 32.6. The van der Waals surface area contributed by atoms with Crippen LogP contribution in [0.4, 0.5) is 5.69 Å². The predicted molar refractivity (Wildman–Crippen MR) is 84.6 cm³/mol. The molecule has 0 spiro atoms. The number of benzene rings is 2. The quantitative estimate of drug-likeness (QED) is 0.676. The lowest BCUT2D eigenvalue weighted by molar-refractivity contribution is 0.413. The molecule has 6 nitrogen and oxygen atoms in total. The van der Waals surface area contributed by atoms with Gasteiger partial charge in [-0.25, -0.2) is 0 Å². The van der Waals surface area contributed by atoms with Crippen molar-refractivity contribution >= 4 is 15.7 Å². The van der Waals surface area contributed by atoms with E-state index >= 15 is 0 Å².